The molecule has 0 aliphatic carbocycles. The average Bonchev–Trinajstić information content (AvgIpc) is 3.17. The zero-order valence-electron chi connectivity index (χ0n) is 13.3. The highest BCUT2D eigenvalue weighted by atomic mass is 32.1. The summed E-state index contributed by atoms with van der Waals surface area (Å²) in [5.41, 5.74) is 2.29. The Kier molecular flexibility index (Phi) is 5.64. The van der Waals surface area contributed by atoms with E-state index in [4.69, 9.17) is 0 Å². The fourth-order valence-electron chi connectivity index (χ4n) is 2.57. The Hall–Kier alpha value is -2.59. The summed E-state index contributed by atoms with van der Waals surface area (Å²) in [5, 5.41) is 8.47. The quantitative estimate of drug-likeness (QED) is 0.655. The third kappa shape index (κ3) is 4.46. The van der Waals surface area contributed by atoms with Crippen LogP contribution in [0.1, 0.15) is 27.7 Å². The second-order valence-corrected chi connectivity index (χ2v) is 6.44. The van der Waals surface area contributed by atoms with Gasteiger partial charge in [0.05, 0.1) is 10.9 Å². The number of thiophene rings is 1. The zero-order chi connectivity index (χ0) is 16.6. The highest BCUT2D eigenvalue weighted by molar-refractivity contribution is 7.12. The summed E-state index contributed by atoms with van der Waals surface area (Å²) >= 11 is 1.46. The fraction of sp³-hybridized carbons (Fsp3) is 0.150. The van der Waals surface area contributed by atoms with Crippen LogP contribution in [0, 0.1) is 0 Å². The molecule has 1 heterocycles. The minimum atomic E-state index is -0.00322. The summed E-state index contributed by atoms with van der Waals surface area (Å²) in [6, 6.07) is 24.4. The summed E-state index contributed by atoms with van der Waals surface area (Å²) in [4.78, 5) is 12.8. The van der Waals surface area contributed by atoms with Crippen LogP contribution in [0.4, 0.5) is 5.69 Å². The molecule has 1 unspecified atom stereocenters. The van der Waals surface area contributed by atoms with Crippen molar-refractivity contribution in [3.63, 3.8) is 0 Å². The summed E-state index contributed by atoms with van der Waals surface area (Å²) in [5.74, 6) is -0.00322. The number of rotatable bonds is 7. The lowest BCUT2D eigenvalue weighted by atomic mass is 10.0. The summed E-state index contributed by atoms with van der Waals surface area (Å²) in [7, 11) is 0. The van der Waals surface area contributed by atoms with Crippen LogP contribution in [-0.2, 0) is 0 Å². The van der Waals surface area contributed by atoms with E-state index in [2.05, 4.69) is 34.9 Å². The molecule has 0 saturated heterocycles. The Morgan fingerprint density at radius 1 is 0.917 bits per heavy atom. The monoisotopic (exact) mass is 336 g/mol. The van der Waals surface area contributed by atoms with Crippen molar-refractivity contribution in [2.24, 2.45) is 0 Å². The number of carbonyl (C=O) groups is 1. The number of carbonyl (C=O) groups excluding carboxylic acids is 1. The summed E-state index contributed by atoms with van der Waals surface area (Å²) in [6.45, 7) is 0.621. The lowest BCUT2D eigenvalue weighted by Gasteiger charge is -2.20. The predicted molar refractivity (Wildman–Crippen MR) is 101 cm³/mol. The van der Waals surface area contributed by atoms with E-state index in [1.54, 1.807) is 0 Å². The lowest BCUT2D eigenvalue weighted by Crippen LogP contribution is -2.26. The lowest BCUT2D eigenvalue weighted by molar-refractivity contribution is 0.0957. The Morgan fingerprint density at radius 3 is 2.29 bits per heavy atom. The van der Waals surface area contributed by atoms with Gasteiger partial charge in [-0.25, -0.2) is 0 Å². The average molecular weight is 336 g/mol. The third-order valence-electron chi connectivity index (χ3n) is 3.78. The molecule has 0 aliphatic heterocycles. The molecule has 0 fully saturated rings. The molecule has 2 N–H and O–H groups in total. The van der Waals surface area contributed by atoms with Crippen molar-refractivity contribution >= 4 is 22.9 Å². The molecule has 0 saturated carbocycles. The van der Waals surface area contributed by atoms with E-state index in [0.29, 0.717) is 6.54 Å². The summed E-state index contributed by atoms with van der Waals surface area (Å²) in [6.07, 6.45) is 0.815. The minimum absolute atomic E-state index is 0.00322. The van der Waals surface area contributed by atoms with E-state index in [1.807, 2.05) is 53.9 Å². The van der Waals surface area contributed by atoms with Gasteiger partial charge in [0.2, 0.25) is 0 Å². The molecule has 2 aromatic carbocycles. The molecule has 3 aromatic rings. The van der Waals surface area contributed by atoms with Gasteiger partial charge in [-0.1, -0.05) is 54.6 Å². The molecule has 0 aliphatic rings. The first-order chi connectivity index (χ1) is 11.8. The third-order valence-corrected chi connectivity index (χ3v) is 4.65. The molecule has 3 rings (SSSR count). The van der Waals surface area contributed by atoms with Gasteiger partial charge in [0, 0.05) is 12.2 Å². The highest BCUT2D eigenvalue weighted by Gasteiger charge is 2.12. The molecule has 24 heavy (non-hydrogen) atoms. The van der Waals surface area contributed by atoms with Gasteiger partial charge in [0.25, 0.3) is 5.91 Å². The van der Waals surface area contributed by atoms with E-state index in [9.17, 15) is 4.79 Å². The number of para-hydroxylation sites is 1. The van der Waals surface area contributed by atoms with Gasteiger partial charge in [0.1, 0.15) is 0 Å². The van der Waals surface area contributed by atoms with Crippen molar-refractivity contribution < 1.29 is 4.79 Å². The van der Waals surface area contributed by atoms with Crippen LogP contribution in [0.25, 0.3) is 0 Å². The minimum Gasteiger partial charge on any atom is -0.378 e. The van der Waals surface area contributed by atoms with Crippen molar-refractivity contribution in [2.45, 2.75) is 12.5 Å². The molecule has 4 heteroatoms. The van der Waals surface area contributed by atoms with Crippen LogP contribution in [0.2, 0.25) is 0 Å². The van der Waals surface area contributed by atoms with Gasteiger partial charge >= 0.3 is 0 Å². The maximum atomic E-state index is 12.1. The van der Waals surface area contributed by atoms with Crippen molar-refractivity contribution in [3.8, 4) is 0 Å². The Bertz CT molecular complexity index is 742. The van der Waals surface area contributed by atoms with Crippen molar-refractivity contribution in [1.29, 1.82) is 0 Å². The van der Waals surface area contributed by atoms with E-state index in [0.717, 1.165) is 17.0 Å². The molecule has 1 amide bonds. The normalized spacial score (nSPS) is 11.7. The second kappa shape index (κ2) is 8.31. The predicted octanol–water partition coefficient (Wildman–Crippen LogP) is 4.72. The Morgan fingerprint density at radius 2 is 1.62 bits per heavy atom. The molecular weight excluding hydrogens is 316 g/mol. The van der Waals surface area contributed by atoms with Gasteiger partial charge in [-0.05, 0) is 35.6 Å². The smallest absolute Gasteiger partial charge is 0.261 e. The maximum absolute atomic E-state index is 12.1. The van der Waals surface area contributed by atoms with Gasteiger partial charge in [-0.3, -0.25) is 4.79 Å². The highest BCUT2D eigenvalue weighted by Crippen LogP contribution is 2.22. The van der Waals surface area contributed by atoms with Gasteiger partial charge in [-0.15, -0.1) is 11.3 Å². The first kappa shape index (κ1) is 16.3. The Labute approximate surface area is 146 Å². The van der Waals surface area contributed by atoms with Crippen molar-refractivity contribution in [2.75, 3.05) is 11.9 Å². The topological polar surface area (TPSA) is 41.1 Å². The van der Waals surface area contributed by atoms with E-state index < -0.39 is 0 Å². The zero-order valence-corrected chi connectivity index (χ0v) is 14.1. The van der Waals surface area contributed by atoms with Crippen LogP contribution in [0.15, 0.2) is 78.2 Å². The SMILES string of the molecule is O=C(NCCC(Nc1ccccc1)c1ccccc1)c1cccs1. The van der Waals surface area contributed by atoms with Crippen molar-refractivity contribution in [3.05, 3.63) is 88.6 Å². The first-order valence-corrected chi connectivity index (χ1v) is 8.89. The second-order valence-electron chi connectivity index (χ2n) is 5.50. The first-order valence-electron chi connectivity index (χ1n) is 8.01. The summed E-state index contributed by atoms with van der Waals surface area (Å²) < 4.78 is 0. The molecular formula is C20H20N2OS. The number of hydrogen-bond acceptors (Lipinski definition) is 3. The van der Waals surface area contributed by atoms with Crippen LogP contribution >= 0.6 is 11.3 Å². The van der Waals surface area contributed by atoms with Gasteiger partial charge < -0.3 is 10.6 Å². The molecule has 1 aromatic heterocycles. The van der Waals surface area contributed by atoms with Gasteiger partial charge in [-0.2, -0.15) is 0 Å². The Balaban J connectivity index is 1.63. The van der Waals surface area contributed by atoms with Crippen LogP contribution in [0.3, 0.4) is 0 Å². The molecule has 0 spiro atoms. The number of hydrogen-bond donors (Lipinski definition) is 2. The molecule has 0 radical (unpaired) electrons. The molecule has 122 valence electrons. The standard InChI is InChI=1S/C20H20N2OS/c23-20(19-12-7-15-24-19)21-14-13-18(16-8-3-1-4-9-16)22-17-10-5-2-6-11-17/h1-12,15,18,22H,13-14H2,(H,21,23). The van der Waals surface area contributed by atoms with Gasteiger partial charge in [0.15, 0.2) is 0 Å². The van der Waals surface area contributed by atoms with E-state index in [1.165, 1.54) is 16.9 Å². The van der Waals surface area contributed by atoms with Crippen molar-refractivity contribution in [1.82, 2.24) is 5.32 Å². The number of anilines is 1. The van der Waals surface area contributed by atoms with E-state index in [-0.39, 0.29) is 11.9 Å². The van der Waals surface area contributed by atoms with E-state index >= 15 is 0 Å². The maximum Gasteiger partial charge on any atom is 0.261 e. The molecule has 0 bridgehead atoms. The van der Waals surface area contributed by atoms with Crippen LogP contribution < -0.4 is 10.6 Å². The molecule has 1 atom stereocenters. The number of benzene rings is 2. The number of amides is 1. The largest absolute Gasteiger partial charge is 0.378 e. The molecule has 3 nitrogen and oxygen atoms in total. The van der Waals surface area contributed by atoms with Crippen LogP contribution in [-0.4, -0.2) is 12.5 Å². The number of nitrogens with one attached hydrogen (secondary N) is 2. The van der Waals surface area contributed by atoms with Crippen LogP contribution in [0.5, 0.6) is 0 Å². The fourth-order valence-corrected chi connectivity index (χ4v) is 3.21.